The molecular formula is C18H23N3O7. The maximum atomic E-state index is 12.6. The molecule has 1 rings (SSSR count). The quantitative estimate of drug-likeness (QED) is 0.283. The molecule has 0 saturated carbocycles. The van der Waals surface area contributed by atoms with Gasteiger partial charge in [0.15, 0.2) is 0 Å². The zero-order chi connectivity index (χ0) is 21.1. The molecule has 0 aliphatic heterocycles. The SMILES string of the molecule is N[C@@H](CC(=O)O)C(=O)N[C@@H](Cc1ccccc1)C(=O)N[C@H](C=O)CCC(=O)O. The van der Waals surface area contributed by atoms with Gasteiger partial charge in [0.05, 0.1) is 18.5 Å². The van der Waals surface area contributed by atoms with Crippen molar-refractivity contribution >= 4 is 30.0 Å². The van der Waals surface area contributed by atoms with E-state index in [-0.39, 0.29) is 19.3 Å². The topological polar surface area (TPSA) is 176 Å². The van der Waals surface area contributed by atoms with Gasteiger partial charge in [-0.15, -0.1) is 0 Å². The van der Waals surface area contributed by atoms with Gasteiger partial charge in [0.25, 0.3) is 0 Å². The minimum absolute atomic E-state index is 0.0721. The largest absolute Gasteiger partial charge is 0.481 e. The van der Waals surface area contributed by atoms with Gasteiger partial charge in [0.1, 0.15) is 12.3 Å². The summed E-state index contributed by atoms with van der Waals surface area (Å²) in [6, 6.07) is 5.20. The highest BCUT2D eigenvalue weighted by atomic mass is 16.4. The molecule has 6 N–H and O–H groups in total. The van der Waals surface area contributed by atoms with Crippen LogP contribution in [0.1, 0.15) is 24.8 Å². The number of aldehydes is 1. The first-order chi connectivity index (χ1) is 13.2. The predicted octanol–water partition coefficient (Wildman–Crippen LogP) is -0.936. The van der Waals surface area contributed by atoms with Crippen LogP contribution in [0.25, 0.3) is 0 Å². The van der Waals surface area contributed by atoms with Crippen LogP contribution in [0.5, 0.6) is 0 Å². The standard InChI is InChI=1S/C18H23N3O7/c19-13(9-16(25)26)17(27)21-14(8-11-4-2-1-3-5-11)18(28)20-12(10-22)6-7-15(23)24/h1-5,10,12-14H,6-9,19H2,(H,20,28)(H,21,27)(H,23,24)(H,25,26)/t12-,13-,14-/m0/s1. The van der Waals surface area contributed by atoms with Crippen LogP contribution in [-0.2, 0) is 30.4 Å². The van der Waals surface area contributed by atoms with Gasteiger partial charge < -0.3 is 31.4 Å². The average molecular weight is 393 g/mol. The van der Waals surface area contributed by atoms with Crippen molar-refractivity contribution in [2.45, 2.75) is 43.8 Å². The number of aliphatic carboxylic acids is 2. The third-order valence-corrected chi connectivity index (χ3v) is 3.81. The molecule has 0 unspecified atom stereocenters. The fourth-order valence-electron chi connectivity index (χ4n) is 2.36. The number of carbonyl (C=O) groups excluding carboxylic acids is 3. The number of hydrogen-bond acceptors (Lipinski definition) is 6. The van der Waals surface area contributed by atoms with Crippen LogP contribution < -0.4 is 16.4 Å². The minimum Gasteiger partial charge on any atom is -0.481 e. The minimum atomic E-state index is -1.35. The Hall–Kier alpha value is -3.27. The summed E-state index contributed by atoms with van der Waals surface area (Å²) in [5, 5.41) is 22.2. The molecule has 2 amide bonds. The Kier molecular flexibility index (Phi) is 9.31. The monoisotopic (exact) mass is 393 g/mol. The molecule has 0 radical (unpaired) electrons. The van der Waals surface area contributed by atoms with E-state index >= 15 is 0 Å². The zero-order valence-corrected chi connectivity index (χ0v) is 15.0. The van der Waals surface area contributed by atoms with Crippen LogP contribution >= 0.6 is 0 Å². The number of carboxylic acids is 2. The summed E-state index contributed by atoms with van der Waals surface area (Å²) >= 11 is 0. The summed E-state index contributed by atoms with van der Waals surface area (Å²) in [4.78, 5) is 57.1. The number of amides is 2. The lowest BCUT2D eigenvalue weighted by atomic mass is 10.0. The van der Waals surface area contributed by atoms with E-state index in [1.165, 1.54) is 0 Å². The Morgan fingerprint density at radius 1 is 1.00 bits per heavy atom. The van der Waals surface area contributed by atoms with Gasteiger partial charge >= 0.3 is 11.9 Å². The number of nitrogens with two attached hydrogens (primary N) is 1. The van der Waals surface area contributed by atoms with E-state index in [1.807, 2.05) is 0 Å². The first kappa shape index (κ1) is 22.8. The van der Waals surface area contributed by atoms with E-state index in [4.69, 9.17) is 15.9 Å². The van der Waals surface area contributed by atoms with E-state index in [2.05, 4.69) is 10.6 Å². The molecule has 1 aromatic carbocycles. The lowest BCUT2D eigenvalue weighted by Crippen LogP contribution is -2.54. The second kappa shape index (κ2) is 11.4. The van der Waals surface area contributed by atoms with Crippen molar-refractivity contribution in [3.05, 3.63) is 35.9 Å². The Morgan fingerprint density at radius 3 is 2.18 bits per heavy atom. The summed E-state index contributed by atoms with van der Waals surface area (Å²) in [7, 11) is 0. The summed E-state index contributed by atoms with van der Waals surface area (Å²) in [6.07, 6.45) is -0.541. The number of hydrogen-bond donors (Lipinski definition) is 5. The summed E-state index contributed by atoms with van der Waals surface area (Å²) in [5.41, 5.74) is 6.23. The van der Waals surface area contributed by atoms with E-state index < -0.39 is 48.3 Å². The number of benzene rings is 1. The molecule has 0 aromatic heterocycles. The first-order valence-corrected chi connectivity index (χ1v) is 8.52. The fourth-order valence-corrected chi connectivity index (χ4v) is 2.36. The highest BCUT2D eigenvalue weighted by molar-refractivity contribution is 5.92. The lowest BCUT2D eigenvalue weighted by molar-refractivity contribution is -0.140. The Bertz CT molecular complexity index is 708. The van der Waals surface area contributed by atoms with Crippen LogP contribution in [0, 0.1) is 0 Å². The van der Waals surface area contributed by atoms with Crippen LogP contribution in [0.4, 0.5) is 0 Å². The maximum absolute atomic E-state index is 12.6. The molecule has 10 heteroatoms. The lowest BCUT2D eigenvalue weighted by Gasteiger charge is -2.22. The second-order valence-electron chi connectivity index (χ2n) is 6.14. The molecule has 0 saturated heterocycles. The molecule has 0 fully saturated rings. The van der Waals surface area contributed by atoms with Gasteiger partial charge in [-0.2, -0.15) is 0 Å². The smallest absolute Gasteiger partial charge is 0.305 e. The van der Waals surface area contributed by atoms with Crippen LogP contribution in [0.2, 0.25) is 0 Å². The van der Waals surface area contributed by atoms with Crippen molar-refractivity contribution in [2.24, 2.45) is 5.73 Å². The summed E-state index contributed by atoms with van der Waals surface area (Å²) in [5.74, 6) is -3.91. The molecule has 0 bridgehead atoms. The number of rotatable bonds is 12. The summed E-state index contributed by atoms with van der Waals surface area (Å²) in [6.45, 7) is 0. The Labute approximate surface area is 161 Å². The van der Waals surface area contributed by atoms with Gasteiger partial charge in [0, 0.05) is 12.8 Å². The second-order valence-corrected chi connectivity index (χ2v) is 6.14. The number of carbonyl (C=O) groups is 5. The van der Waals surface area contributed by atoms with Gasteiger partial charge in [-0.05, 0) is 12.0 Å². The number of carboxylic acid groups (broad SMARTS) is 2. The highest BCUT2D eigenvalue weighted by Gasteiger charge is 2.26. The van der Waals surface area contributed by atoms with Crippen molar-refractivity contribution in [3.63, 3.8) is 0 Å². The maximum Gasteiger partial charge on any atom is 0.305 e. The predicted molar refractivity (Wildman–Crippen MR) is 97.2 cm³/mol. The average Bonchev–Trinajstić information content (AvgIpc) is 2.64. The Morgan fingerprint density at radius 2 is 1.64 bits per heavy atom. The third kappa shape index (κ3) is 8.41. The van der Waals surface area contributed by atoms with Crippen molar-refractivity contribution < 1.29 is 34.2 Å². The molecule has 152 valence electrons. The summed E-state index contributed by atoms with van der Waals surface area (Å²) < 4.78 is 0. The van der Waals surface area contributed by atoms with Gasteiger partial charge in [0.2, 0.25) is 11.8 Å². The number of nitrogens with one attached hydrogen (secondary N) is 2. The molecule has 0 spiro atoms. The van der Waals surface area contributed by atoms with E-state index in [1.54, 1.807) is 30.3 Å². The van der Waals surface area contributed by atoms with Crippen LogP contribution in [0.15, 0.2) is 30.3 Å². The van der Waals surface area contributed by atoms with Crippen LogP contribution in [-0.4, -0.2) is 58.4 Å². The van der Waals surface area contributed by atoms with Crippen molar-refractivity contribution in [2.75, 3.05) is 0 Å². The van der Waals surface area contributed by atoms with Gasteiger partial charge in [-0.3, -0.25) is 19.2 Å². The molecule has 0 aliphatic carbocycles. The fraction of sp³-hybridized carbons (Fsp3) is 0.389. The molecule has 28 heavy (non-hydrogen) atoms. The van der Waals surface area contributed by atoms with Gasteiger partial charge in [-0.1, -0.05) is 30.3 Å². The highest BCUT2D eigenvalue weighted by Crippen LogP contribution is 2.05. The van der Waals surface area contributed by atoms with E-state index in [9.17, 15) is 24.0 Å². The van der Waals surface area contributed by atoms with Gasteiger partial charge in [-0.25, -0.2) is 0 Å². The normalized spacial score (nSPS) is 13.6. The molecule has 10 nitrogen and oxygen atoms in total. The van der Waals surface area contributed by atoms with E-state index in [0.717, 1.165) is 0 Å². The van der Waals surface area contributed by atoms with Crippen LogP contribution in [0.3, 0.4) is 0 Å². The Balaban J connectivity index is 2.87. The zero-order valence-electron chi connectivity index (χ0n) is 15.0. The van der Waals surface area contributed by atoms with Crippen molar-refractivity contribution in [1.29, 1.82) is 0 Å². The molecule has 1 aromatic rings. The molecule has 0 heterocycles. The third-order valence-electron chi connectivity index (χ3n) is 3.81. The van der Waals surface area contributed by atoms with E-state index in [0.29, 0.717) is 11.8 Å². The first-order valence-electron chi connectivity index (χ1n) is 8.52. The van der Waals surface area contributed by atoms with Crippen molar-refractivity contribution in [1.82, 2.24) is 10.6 Å². The van der Waals surface area contributed by atoms with Crippen molar-refractivity contribution in [3.8, 4) is 0 Å². The molecule has 0 aliphatic rings. The molecule has 3 atom stereocenters. The molecular weight excluding hydrogens is 370 g/mol.